The Morgan fingerprint density at radius 2 is 2.17 bits per heavy atom. The first kappa shape index (κ1) is 9.62. The van der Waals surface area contributed by atoms with Gasteiger partial charge in [-0.2, -0.15) is 0 Å². The van der Waals surface area contributed by atoms with Crippen LogP contribution in [0.15, 0.2) is 12.1 Å². The summed E-state index contributed by atoms with van der Waals surface area (Å²) in [5, 5.41) is 0.0615. The number of ether oxygens (including phenoxy) is 1. The highest BCUT2D eigenvalue weighted by Gasteiger charge is 2.07. The molecule has 0 aliphatic carbocycles. The Balaban J connectivity index is 3.19. The minimum atomic E-state index is -0.498. The highest BCUT2D eigenvalue weighted by molar-refractivity contribution is 6.31. The number of benzene rings is 1. The van der Waals surface area contributed by atoms with Crippen molar-refractivity contribution in [2.24, 2.45) is 0 Å². The molecule has 66 valence electrons. The van der Waals surface area contributed by atoms with E-state index in [0.29, 0.717) is 11.3 Å². The van der Waals surface area contributed by atoms with E-state index in [4.69, 9.17) is 27.9 Å². The number of halogens is 3. The molecule has 1 rings (SSSR count). The quantitative estimate of drug-likeness (QED) is 0.679. The van der Waals surface area contributed by atoms with E-state index in [1.165, 1.54) is 19.2 Å². The van der Waals surface area contributed by atoms with Crippen molar-refractivity contribution in [2.45, 2.75) is 5.88 Å². The Morgan fingerprint density at radius 3 is 2.67 bits per heavy atom. The second kappa shape index (κ2) is 3.97. The third kappa shape index (κ3) is 1.82. The molecule has 0 amide bonds. The van der Waals surface area contributed by atoms with Gasteiger partial charge in [0.05, 0.1) is 18.0 Å². The summed E-state index contributed by atoms with van der Waals surface area (Å²) in [5.41, 5.74) is 0.686. The summed E-state index contributed by atoms with van der Waals surface area (Å²) in [7, 11) is 1.46. The minimum Gasteiger partial charge on any atom is -0.496 e. The van der Waals surface area contributed by atoms with Gasteiger partial charge < -0.3 is 4.74 Å². The molecule has 0 saturated carbocycles. The Morgan fingerprint density at radius 1 is 1.50 bits per heavy atom. The van der Waals surface area contributed by atoms with Crippen molar-refractivity contribution in [3.63, 3.8) is 0 Å². The van der Waals surface area contributed by atoms with Gasteiger partial charge in [0, 0.05) is 11.6 Å². The molecule has 0 radical (unpaired) electrons. The molecule has 0 N–H and O–H groups in total. The van der Waals surface area contributed by atoms with Crippen LogP contribution in [-0.4, -0.2) is 7.11 Å². The second-order valence-corrected chi connectivity index (χ2v) is 2.89. The van der Waals surface area contributed by atoms with Gasteiger partial charge in [-0.05, 0) is 6.07 Å². The predicted molar refractivity (Wildman–Crippen MR) is 47.5 cm³/mol. The monoisotopic (exact) mass is 208 g/mol. The molecule has 0 bridgehead atoms. The second-order valence-electron chi connectivity index (χ2n) is 2.21. The van der Waals surface area contributed by atoms with Crippen molar-refractivity contribution in [2.75, 3.05) is 7.11 Å². The number of hydrogen-bond acceptors (Lipinski definition) is 1. The van der Waals surface area contributed by atoms with Crippen LogP contribution in [0.25, 0.3) is 0 Å². The summed E-state index contributed by atoms with van der Waals surface area (Å²) in [6.45, 7) is 0. The maximum Gasteiger partial charge on any atom is 0.145 e. The molecule has 1 aromatic carbocycles. The van der Waals surface area contributed by atoms with Gasteiger partial charge in [-0.1, -0.05) is 11.6 Å². The van der Waals surface area contributed by atoms with Crippen LogP contribution in [0.1, 0.15) is 5.56 Å². The standard InChI is InChI=1S/C8H7Cl2FO/c1-12-8-3-7(11)6(10)2-5(8)4-9/h2-3H,4H2,1H3. The molecule has 0 atom stereocenters. The van der Waals surface area contributed by atoms with Crippen LogP contribution < -0.4 is 4.74 Å². The van der Waals surface area contributed by atoms with Crippen LogP contribution in [-0.2, 0) is 5.88 Å². The average molecular weight is 209 g/mol. The Bertz CT molecular complexity index is 260. The fraction of sp³-hybridized carbons (Fsp3) is 0.250. The molecular weight excluding hydrogens is 202 g/mol. The molecule has 1 nitrogen and oxygen atoms in total. The third-order valence-electron chi connectivity index (χ3n) is 1.47. The van der Waals surface area contributed by atoms with Crippen LogP contribution >= 0.6 is 23.2 Å². The summed E-state index contributed by atoms with van der Waals surface area (Å²) >= 11 is 11.1. The first-order chi connectivity index (χ1) is 5.69. The van der Waals surface area contributed by atoms with Crippen molar-refractivity contribution in [1.29, 1.82) is 0 Å². The molecule has 0 spiro atoms. The van der Waals surface area contributed by atoms with Gasteiger partial charge in [0.2, 0.25) is 0 Å². The van der Waals surface area contributed by atoms with Crippen LogP contribution in [0.5, 0.6) is 5.75 Å². The molecule has 0 aliphatic rings. The molecule has 0 unspecified atom stereocenters. The van der Waals surface area contributed by atoms with Crippen molar-refractivity contribution in [3.05, 3.63) is 28.5 Å². The van der Waals surface area contributed by atoms with E-state index in [-0.39, 0.29) is 10.9 Å². The summed E-state index contributed by atoms with van der Waals surface area (Å²) in [6, 6.07) is 2.68. The molecule has 4 heteroatoms. The number of methoxy groups -OCH3 is 1. The van der Waals surface area contributed by atoms with E-state index in [1.807, 2.05) is 0 Å². The molecule has 1 aromatic rings. The lowest BCUT2D eigenvalue weighted by Crippen LogP contribution is -1.91. The van der Waals surface area contributed by atoms with E-state index in [0.717, 1.165) is 0 Å². The fourth-order valence-electron chi connectivity index (χ4n) is 0.864. The van der Waals surface area contributed by atoms with Gasteiger partial charge in [0.1, 0.15) is 11.6 Å². The SMILES string of the molecule is COc1cc(F)c(Cl)cc1CCl. The average Bonchev–Trinajstić information content (AvgIpc) is 2.09. The molecule has 0 heterocycles. The molecular formula is C8H7Cl2FO. The first-order valence-electron chi connectivity index (χ1n) is 3.27. The van der Waals surface area contributed by atoms with Gasteiger partial charge >= 0.3 is 0 Å². The Kier molecular flexibility index (Phi) is 3.18. The normalized spacial score (nSPS) is 10.0. The summed E-state index contributed by atoms with van der Waals surface area (Å²) in [6.07, 6.45) is 0. The van der Waals surface area contributed by atoms with E-state index >= 15 is 0 Å². The Labute approximate surface area is 80.0 Å². The van der Waals surface area contributed by atoms with E-state index in [9.17, 15) is 4.39 Å². The van der Waals surface area contributed by atoms with Gasteiger partial charge in [0.25, 0.3) is 0 Å². The van der Waals surface area contributed by atoms with Crippen molar-refractivity contribution in [3.8, 4) is 5.75 Å². The zero-order chi connectivity index (χ0) is 9.14. The highest BCUT2D eigenvalue weighted by atomic mass is 35.5. The first-order valence-corrected chi connectivity index (χ1v) is 4.18. The van der Waals surface area contributed by atoms with Crippen LogP contribution in [0, 0.1) is 5.82 Å². The molecule has 0 aromatic heterocycles. The van der Waals surface area contributed by atoms with Crippen molar-refractivity contribution in [1.82, 2.24) is 0 Å². The van der Waals surface area contributed by atoms with Gasteiger partial charge in [-0.15, -0.1) is 11.6 Å². The zero-order valence-corrected chi connectivity index (χ0v) is 7.92. The molecule has 0 saturated heterocycles. The lowest BCUT2D eigenvalue weighted by Gasteiger charge is -2.06. The number of rotatable bonds is 2. The summed E-state index contributed by atoms with van der Waals surface area (Å²) in [5.74, 6) is 0.178. The number of hydrogen-bond donors (Lipinski definition) is 0. The molecule has 0 fully saturated rings. The lowest BCUT2D eigenvalue weighted by atomic mass is 10.2. The maximum atomic E-state index is 12.8. The van der Waals surface area contributed by atoms with Crippen LogP contribution in [0.4, 0.5) is 4.39 Å². The largest absolute Gasteiger partial charge is 0.496 e. The minimum absolute atomic E-state index is 0.0615. The summed E-state index contributed by atoms with van der Waals surface area (Å²) in [4.78, 5) is 0. The van der Waals surface area contributed by atoms with Gasteiger partial charge in [-0.3, -0.25) is 0 Å². The Hall–Kier alpha value is -0.470. The predicted octanol–water partition coefficient (Wildman–Crippen LogP) is 3.23. The fourth-order valence-corrected chi connectivity index (χ4v) is 1.26. The molecule has 0 aliphatic heterocycles. The number of alkyl halides is 1. The summed E-state index contributed by atoms with van der Waals surface area (Å²) < 4.78 is 17.7. The van der Waals surface area contributed by atoms with Crippen molar-refractivity contribution < 1.29 is 9.13 Å². The third-order valence-corrected chi connectivity index (χ3v) is 2.04. The smallest absolute Gasteiger partial charge is 0.145 e. The van der Waals surface area contributed by atoms with E-state index < -0.39 is 5.82 Å². The zero-order valence-electron chi connectivity index (χ0n) is 6.40. The van der Waals surface area contributed by atoms with E-state index in [1.54, 1.807) is 0 Å². The topological polar surface area (TPSA) is 9.23 Å². The maximum absolute atomic E-state index is 12.8. The van der Waals surface area contributed by atoms with Crippen LogP contribution in [0.3, 0.4) is 0 Å². The van der Waals surface area contributed by atoms with Gasteiger partial charge in [-0.25, -0.2) is 4.39 Å². The lowest BCUT2D eigenvalue weighted by molar-refractivity contribution is 0.407. The van der Waals surface area contributed by atoms with Crippen LogP contribution in [0.2, 0.25) is 5.02 Å². The highest BCUT2D eigenvalue weighted by Crippen LogP contribution is 2.26. The molecule has 12 heavy (non-hydrogen) atoms. The van der Waals surface area contributed by atoms with Crippen molar-refractivity contribution >= 4 is 23.2 Å². The van der Waals surface area contributed by atoms with Gasteiger partial charge in [0.15, 0.2) is 0 Å². The van der Waals surface area contributed by atoms with E-state index in [2.05, 4.69) is 0 Å².